The van der Waals surface area contributed by atoms with Gasteiger partial charge in [-0.3, -0.25) is 0 Å². The van der Waals surface area contributed by atoms with E-state index in [1.807, 2.05) is 66.7 Å². The van der Waals surface area contributed by atoms with Crippen LogP contribution >= 0.6 is 0 Å². The van der Waals surface area contributed by atoms with Gasteiger partial charge >= 0.3 is 6.09 Å². The molecule has 0 heterocycles. The lowest BCUT2D eigenvalue weighted by atomic mass is 10.0. The van der Waals surface area contributed by atoms with Gasteiger partial charge in [0.1, 0.15) is 5.60 Å². The number of hydrogen-bond acceptors (Lipinski definition) is 3. The second-order valence-corrected chi connectivity index (χ2v) is 6.18. The van der Waals surface area contributed by atoms with Crippen LogP contribution in [0, 0.1) is 0 Å². The molecule has 2 N–H and O–H groups in total. The quantitative estimate of drug-likeness (QED) is 0.665. The van der Waals surface area contributed by atoms with Crippen LogP contribution in [-0.4, -0.2) is 30.8 Å². The summed E-state index contributed by atoms with van der Waals surface area (Å²) in [4.78, 5) is 11.9. The zero-order valence-electron chi connectivity index (χ0n) is 17.6. The average molecular weight is 353 g/mol. The Morgan fingerprint density at radius 3 is 2.12 bits per heavy atom. The average Bonchev–Trinajstić information content (AvgIpc) is 2.58. The first-order chi connectivity index (χ1) is 11.9. The fourth-order valence-electron chi connectivity index (χ4n) is 2.05. The standard InChI is InChI=1S/C17H28N2O2.2C2H6/c1-5-18-12-11-15(13-14-9-7-6-8-10-14)19-16(20)21-17(2,3)4;2*1-2/h6-10,15,18H,5,11-13H2,1-4H3,(H,19,20);2*1-2H3/t15-;;/m1../s1. The van der Waals surface area contributed by atoms with E-state index in [0.717, 1.165) is 25.9 Å². The van der Waals surface area contributed by atoms with Gasteiger partial charge in [0.25, 0.3) is 0 Å². The molecule has 0 fully saturated rings. The lowest BCUT2D eigenvalue weighted by Gasteiger charge is -2.24. The van der Waals surface area contributed by atoms with Crippen molar-refractivity contribution in [2.24, 2.45) is 0 Å². The Labute approximate surface area is 155 Å². The minimum atomic E-state index is -0.469. The molecule has 0 aliphatic heterocycles. The van der Waals surface area contributed by atoms with Gasteiger partial charge in [0.05, 0.1) is 0 Å². The van der Waals surface area contributed by atoms with Gasteiger partial charge in [-0.15, -0.1) is 0 Å². The Morgan fingerprint density at radius 1 is 1.08 bits per heavy atom. The van der Waals surface area contributed by atoms with Gasteiger partial charge in [-0.05, 0) is 52.3 Å². The molecule has 0 saturated carbocycles. The summed E-state index contributed by atoms with van der Waals surface area (Å²) in [6, 6.07) is 10.3. The first-order valence-electron chi connectivity index (χ1n) is 9.65. The largest absolute Gasteiger partial charge is 0.444 e. The van der Waals surface area contributed by atoms with E-state index in [4.69, 9.17) is 4.74 Å². The van der Waals surface area contributed by atoms with E-state index < -0.39 is 5.60 Å². The van der Waals surface area contributed by atoms with Gasteiger partial charge in [0.2, 0.25) is 0 Å². The number of rotatable bonds is 7. The van der Waals surface area contributed by atoms with E-state index in [2.05, 4.69) is 29.7 Å². The molecule has 1 amide bonds. The summed E-state index contributed by atoms with van der Waals surface area (Å²) in [5.41, 5.74) is 0.748. The highest BCUT2D eigenvalue weighted by atomic mass is 16.6. The van der Waals surface area contributed by atoms with E-state index in [1.165, 1.54) is 5.56 Å². The summed E-state index contributed by atoms with van der Waals surface area (Å²) in [5, 5.41) is 6.27. The second kappa shape index (κ2) is 15.9. The molecule has 0 aliphatic carbocycles. The summed E-state index contributed by atoms with van der Waals surface area (Å²) in [5.74, 6) is 0. The van der Waals surface area contributed by atoms with Crippen LogP contribution in [0.2, 0.25) is 0 Å². The highest BCUT2D eigenvalue weighted by Gasteiger charge is 2.19. The first-order valence-corrected chi connectivity index (χ1v) is 9.65. The molecule has 0 saturated heterocycles. The maximum Gasteiger partial charge on any atom is 0.407 e. The van der Waals surface area contributed by atoms with Crippen LogP contribution < -0.4 is 10.6 Å². The summed E-state index contributed by atoms with van der Waals surface area (Å²) in [6.07, 6.45) is 1.34. The summed E-state index contributed by atoms with van der Waals surface area (Å²) >= 11 is 0. The van der Waals surface area contributed by atoms with Crippen LogP contribution in [-0.2, 0) is 11.2 Å². The van der Waals surface area contributed by atoms with Crippen molar-refractivity contribution in [2.45, 2.75) is 79.9 Å². The molecular weight excluding hydrogens is 312 g/mol. The van der Waals surface area contributed by atoms with Crippen molar-refractivity contribution < 1.29 is 9.53 Å². The van der Waals surface area contributed by atoms with Crippen molar-refractivity contribution in [2.75, 3.05) is 13.1 Å². The zero-order valence-corrected chi connectivity index (χ0v) is 17.6. The van der Waals surface area contributed by atoms with Gasteiger partial charge in [0.15, 0.2) is 0 Å². The number of amides is 1. The fraction of sp³-hybridized carbons (Fsp3) is 0.667. The minimum Gasteiger partial charge on any atom is -0.444 e. The van der Waals surface area contributed by atoms with E-state index in [-0.39, 0.29) is 12.1 Å². The third-order valence-corrected chi connectivity index (χ3v) is 2.97. The predicted molar refractivity (Wildman–Crippen MR) is 109 cm³/mol. The van der Waals surface area contributed by atoms with Gasteiger partial charge < -0.3 is 15.4 Å². The van der Waals surface area contributed by atoms with Crippen LogP contribution in [0.1, 0.15) is 67.4 Å². The Bertz CT molecular complexity index is 414. The van der Waals surface area contributed by atoms with E-state index in [0.29, 0.717) is 0 Å². The third-order valence-electron chi connectivity index (χ3n) is 2.97. The van der Waals surface area contributed by atoms with Crippen molar-refractivity contribution in [3.8, 4) is 0 Å². The molecule has 0 spiro atoms. The minimum absolute atomic E-state index is 0.0706. The molecule has 0 aromatic heterocycles. The maximum absolute atomic E-state index is 11.9. The third kappa shape index (κ3) is 15.7. The molecule has 0 bridgehead atoms. The topological polar surface area (TPSA) is 50.4 Å². The molecule has 0 radical (unpaired) electrons. The number of ether oxygens (including phenoxy) is 1. The van der Waals surface area contributed by atoms with Crippen molar-refractivity contribution in [3.63, 3.8) is 0 Å². The Kier molecular flexibility index (Phi) is 16.4. The number of alkyl carbamates (subject to hydrolysis) is 1. The monoisotopic (exact) mass is 352 g/mol. The molecule has 146 valence electrons. The Morgan fingerprint density at radius 2 is 1.64 bits per heavy atom. The van der Waals surface area contributed by atoms with Crippen molar-refractivity contribution >= 4 is 6.09 Å². The Balaban J connectivity index is 0. The number of carbonyl (C=O) groups excluding carboxylic acids is 1. The summed E-state index contributed by atoms with van der Waals surface area (Å²) in [6.45, 7) is 17.5. The molecule has 1 aromatic carbocycles. The summed E-state index contributed by atoms with van der Waals surface area (Å²) < 4.78 is 5.34. The molecule has 1 atom stereocenters. The highest BCUT2D eigenvalue weighted by Crippen LogP contribution is 2.09. The second-order valence-electron chi connectivity index (χ2n) is 6.18. The highest BCUT2D eigenvalue weighted by molar-refractivity contribution is 5.68. The van der Waals surface area contributed by atoms with Gasteiger partial charge in [0, 0.05) is 6.04 Å². The van der Waals surface area contributed by atoms with Crippen LogP contribution in [0.5, 0.6) is 0 Å². The predicted octanol–water partition coefficient (Wildman–Crippen LogP) is 5.17. The lowest BCUT2D eigenvalue weighted by molar-refractivity contribution is 0.0502. The van der Waals surface area contributed by atoms with Gasteiger partial charge in [-0.1, -0.05) is 65.0 Å². The molecular formula is C21H40N2O2. The molecule has 1 rings (SSSR count). The van der Waals surface area contributed by atoms with E-state index in [1.54, 1.807) is 0 Å². The van der Waals surface area contributed by atoms with Crippen LogP contribution in [0.3, 0.4) is 0 Å². The molecule has 1 aromatic rings. The zero-order chi connectivity index (χ0) is 19.7. The smallest absolute Gasteiger partial charge is 0.407 e. The van der Waals surface area contributed by atoms with Crippen molar-refractivity contribution in [1.82, 2.24) is 10.6 Å². The van der Waals surface area contributed by atoms with Crippen LogP contribution in [0.25, 0.3) is 0 Å². The molecule has 4 heteroatoms. The van der Waals surface area contributed by atoms with Crippen molar-refractivity contribution in [3.05, 3.63) is 35.9 Å². The lowest BCUT2D eigenvalue weighted by Crippen LogP contribution is -2.41. The number of benzene rings is 1. The fourth-order valence-corrected chi connectivity index (χ4v) is 2.05. The summed E-state index contributed by atoms with van der Waals surface area (Å²) in [7, 11) is 0. The van der Waals surface area contributed by atoms with Crippen molar-refractivity contribution in [1.29, 1.82) is 0 Å². The normalized spacial score (nSPS) is 11.2. The molecule has 4 nitrogen and oxygen atoms in total. The van der Waals surface area contributed by atoms with E-state index >= 15 is 0 Å². The Hall–Kier alpha value is -1.55. The van der Waals surface area contributed by atoms with Gasteiger partial charge in [-0.2, -0.15) is 0 Å². The SMILES string of the molecule is CC.CC.CCNCC[C@H](Cc1ccccc1)NC(=O)OC(C)(C)C. The van der Waals surface area contributed by atoms with Crippen LogP contribution in [0.15, 0.2) is 30.3 Å². The van der Waals surface area contributed by atoms with Crippen LogP contribution in [0.4, 0.5) is 4.79 Å². The number of hydrogen-bond donors (Lipinski definition) is 2. The molecule has 0 unspecified atom stereocenters. The van der Waals surface area contributed by atoms with E-state index in [9.17, 15) is 4.79 Å². The number of nitrogens with one attached hydrogen (secondary N) is 2. The first kappa shape index (κ1) is 25.7. The molecule has 0 aliphatic rings. The maximum atomic E-state index is 11.9. The van der Waals surface area contributed by atoms with Gasteiger partial charge in [-0.25, -0.2) is 4.79 Å². The molecule has 25 heavy (non-hydrogen) atoms. The number of carbonyl (C=O) groups is 1.